The maximum Gasteiger partial charge on any atom is 0.271 e. The molecule has 0 aromatic heterocycles. The monoisotopic (exact) mass is 393 g/mol. The Morgan fingerprint density at radius 3 is 2.18 bits per heavy atom. The van der Waals surface area contributed by atoms with E-state index >= 15 is 0 Å². The summed E-state index contributed by atoms with van der Waals surface area (Å²) < 4.78 is 5.54. The summed E-state index contributed by atoms with van der Waals surface area (Å²) in [5.41, 5.74) is 3.75. The van der Waals surface area contributed by atoms with Crippen molar-refractivity contribution in [2.45, 2.75) is 59.8 Å². The zero-order valence-electron chi connectivity index (χ0n) is 17.2. The van der Waals surface area contributed by atoms with Crippen molar-refractivity contribution in [3.8, 4) is 0 Å². The Kier molecular flexibility index (Phi) is 9.61. The molecule has 0 heterocycles. The van der Waals surface area contributed by atoms with Crippen LogP contribution in [0.15, 0.2) is 24.3 Å². The Morgan fingerprint density at radius 1 is 1.11 bits per heavy atom. The third-order valence-corrected chi connectivity index (χ3v) is 4.17. The van der Waals surface area contributed by atoms with Gasteiger partial charge in [-0.25, -0.2) is 5.01 Å². The van der Waals surface area contributed by atoms with Crippen molar-refractivity contribution in [3.05, 3.63) is 29.8 Å². The van der Waals surface area contributed by atoms with E-state index in [0.717, 1.165) is 10.6 Å². The van der Waals surface area contributed by atoms with E-state index in [4.69, 9.17) is 9.84 Å². The molecular weight excluding hydrogens is 362 g/mol. The van der Waals surface area contributed by atoms with Gasteiger partial charge >= 0.3 is 0 Å². The third-order valence-electron chi connectivity index (χ3n) is 4.17. The summed E-state index contributed by atoms with van der Waals surface area (Å²) in [5.74, 6) is -1.44. The van der Waals surface area contributed by atoms with E-state index in [1.54, 1.807) is 38.1 Å². The van der Waals surface area contributed by atoms with Gasteiger partial charge in [-0.1, -0.05) is 32.9 Å². The van der Waals surface area contributed by atoms with Crippen LogP contribution in [0.2, 0.25) is 0 Å². The molecular formula is C20H31N3O5. The topological polar surface area (TPSA) is 108 Å². The third kappa shape index (κ3) is 6.61. The average molecular weight is 393 g/mol. The van der Waals surface area contributed by atoms with Crippen LogP contribution in [-0.2, 0) is 25.7 Å². The van der Waals surface area contributed by atoms with Gasteiger partial charge in [-0.15, -0.1) is 0 Å². The van der Waals surface area contributed by atoms with Gasteiger partial charge in [0.25, 0.3) is 5.91 Å². The number of hydrogen-bond acceptors (Lipinski definition) is 5. The van der Waals surface area contributed by atoms with Crippen LogP contribution < -0.4 is 10.7 Å². The van der Waals surface area contributed by atoms with Crippen LogP contribution in [-0.4, -0.2) is 46.6 Å². The van der Waals surface area contributed by atoms with Crippen LogP contribution in [0.1, 0.15) is 46.6 Å². The first-order valence-electron chi connectivity index (χ1n) is 9.49. The number of rotatable bonds is 9. The van der Waals surface area contributed by atoms with Crippen LogP contribution in [0.5, 0.6) is 0 Å². The lowest BCUT2D eigenvalue weighted by atomic mass is 10.1. The second kappa shape index (κ2) is 11.4. The zero-order chi connectivity index (χ0) is 21.3. The summed E-state index contributed by atoms with van der Waals surface area (Å²) in [7, 11) is 0. The minimum atomic E-state index is -0.956. The first kappa shape index (κ1) is 23.6. The van der Waals surface area contributed by atoms with E-state index in [1.165, 1.54) is 6.92 Å². The van der Waals surface area contributed by atoms with Crippen LogP contribution in [0.25, 0.3) is 0 Å². The number of carbonyl (C=O) groups excluding carboxylic acids is 3. The molecule has 0 aliphatic carbocycles. The normalized spacial score (nSPS) is 13.0. The highest BCUT2D eigenvalue weighted by Gasteiger charge is 2.34. The molecule has 1 aromatic rings. The predicted octanol–water partition coefficient (Wildman–Crippen LogP) is 1.84. The molecule has 1 rings (SSSR count). The summed E-state index contributed by atoms with van der Waals surface area (Å²) in [4.78, 5) is 37.6. The Labute approximate surface area is 166 Å². The zero-order valence-corrected chi connectivity index (χ0v) is 17.2. The van der Waals surface area contributed by atoms with Gasteiger partial charge in [0.1, 0.15) is 12.1 Å². The number of aliphatic hydroxyl groups is 1. The lowest BCUT2D eigenvalue weighted by Crippen LogP contribution is -2.58. The van der Waals surface area contributed by atoms with E-state index in [9.17, 15) is 14.4 Å². The van der Waals surface area contributed by atoms with Crippen molar-refractivity contribution in [1.29, 1.82) is 0 Å². The molecule has 1 aromatic carbocycles. The van der Waals surface area contributed by atoms with Crippen molar-refractivity contribution in [1.82, 2.24) is 10.4 Å². The first-order valence-corrected chi connectivity index (χ1v) is 9.49. The van der Waals surface area contributed by atoms with Crippen molar-refractivity contribution < 1.29 is 24.2 Å². The molecule has 8 nitrogen and oxygen atoms in total. The standard InChI is InChI=1S/C20H31N3O5/c1-6-17(25)22-23(20(27)18(13(3)4)28-7-2)14(5)19(26)21-16-10-8-15(12-24)9-11-16/h8-11,13-14,18,24H,6-7,12H2,1-5H3,(H,21,26)(H,22,25)/t14-,18?/m0/s1. The minimum Gasteiger partial charge on any atom is -0.392 e. The second-order valence-electron chi connectivity index (χ2n) is 6.74. The Morgan fingerprint density at radius 2 is 1.71 bits per heavy atom. The van der Waals surface area contributed by atoms with Crippen LogP contribution in [0.3, 0.4) is 0 Å². The molecule has 0 saturated heterocycles. The van der Waals surface area contributed by atoms with E-state index in [0.29, 0.717) is 12.3 Å². The number of anilines is 1. The van der Waals surface area contributed by atoms with Gasteiger partial charge in [-0.3, -0.25) is 19.8 Å². The number of carbonyl (C=O) groups is 3. The van der Waals surface area contributed by atoms with Crippen LogP contribution >= 0.6 is 0 Å². The number of hydrazine groups is 1. The van der Waals surface area contributed by atoms with Gasteiger partial charge in [0.15, 0.2) is 0 Å². The fourth-order valence-corrected chi connectivity index (χ4v) is 2.48. The van der Waals surface area contributed by atoms with Gasteiger partial charge in [-0.05, 0) is 37.5 Å². The summed E-state index contributed by atoms with van der Waals surface area (Å²) in [6, 6.07) is 5.73. The maximum atomic E-state index is 13.0. The molecule has 0 bridgehead atoms. The molecule has 0 aliphatic rings. The molecule has 3 amide bonds. The number of amides is 3. The maximum absolute atomic E-state index is 13.0. The van der Waals surface area contributed by atoms with E-state index in [1.807, 2.05) is 13.8 Å². The van der Waals surface area contributed by atoms with Gasteiger partial charge in [0.05, 0.1) is 6.61 Å². The smallest absolute Gasteiger partial charge is 0.271 e. The van der Waals surface area contributed by atoms with Crippen LogP contribution in [0, 0.1) is 5.92 Å². The quantitative estimate of drug-likeness (QED) is 0.555. The highest BCUT2D eigenvalue weighted by atomic mass is 16.5. The fraction of sp³-hybridized carbons (Fsp3) is 0.550. The van der Waals surface area contributed by atoms with Crippen molar-refractivity contribution >= 4 is 23.4 Å². The average Bonchev–Trinajstić information content (AvgIpc) is 2.69. The van der Waals surface area contributed by atoms with E-state index < -0.39 is 24.0 Å². The van der Waals surface area contributed by atoms with E-state index in [-0.39, 0.29) is 24.9 Å². The molecule has 0 fully saturated rings. The largest absolute Gasteiger partial charge is 0.392 e. The van der Waals surface area contributed by atoms with Gasteiger partial charge < -0.3 is 15.2 Å². The van der Waals surface area contributed by atoms with Crippen molar-refractivity contribution in [3.63, 3.8) is 0 Å². The number of nitrogens with zero attached hydrogens (tertiary/aromatic N) is 1. The second-order valence-corrected chi connectivity index (χ2v) is 6.74. The molecule has 0 spiro atoms. The minimum absolute atomic E-state index is 0.0933. The van der Waals surface area contributed by atoms with Crippen molar-refractivity contribution in [2.24, 2.45) is 5.92 Å². The summed E-state index contributed by atoms with van der Waals surface area (Å²) in [6.07, 6.45) is -0.608. The Hall–Kier alpha value is -2.45. The molecule has 0 radical (unpaired) electrons. The molecule has 156 valence electrons. The van der Waals surface area contributed by atoms with Crippen molar-refractivity contribution in [2.75, 3.05) is 11.9 Å². The number of hydrogen-bond donors (Lipinski definition) is 3. The van der Waals surface area contributed by atoms with E-state index in [2.05, 4.69) is 10.7 Å². The highest BCUT2D eigenvalue weighted by Crippen LogP contribution is 2.14. The van der Waals surface area contributed by atoms with Gasteiger partial charge in [0, 0.05) is 18.7 Å². The Bertz CT molecular complexity index is 660. The highest BCUT2D eigenvalue weighted by molar-refractivity contribution is 5.98. The van der Waals surface area contributed by atoms with Crippen LogP contribution in [0.4, 0.5) is 5.69 Å². The summed E-state index contributed by atoms with van der Waals surface area (Å²) in [6.45, 7) is 8.90. The van der Waals surface area contributed by atoms with Gasteiger partial charge in [-0.2, -0.15) is 0 Å². The lowest BCUT2D eigenvalue weighted by Gasteiger charge is -2.32. The number of nitrogens with one attached hydrogen (secondary N) is 2. The number of benzene rings is 1. The molecule has 28 heavy (non-hydrogen) atoms. The molecule has 1 unspecified atom stereocenters. The molecule has 0 saturated carbocycles. The Balaban J connectivity index is 3.01. The molecule has 2 atom stereocenters. The molecule has 8 heteroatoms. The number of aliphatic hydroxyl groups excluding tert-OH is 1. The molecule has 0 aliphatic heterocycles. The predicted molar refractivity (Wildman–Crippen MR) is 106 cm³/mol. The van der Waals surface area contributed by atoms with Gasteiger partial charge in [0.2, 0.25) is 11.8 Å². The summed E-state index contributed by atoms with van der Waals surface area (Å²) >= 11 is 0. The number of ether oxygens (including phenoxy) is 1. The SMILES string of the molecule is CCOC(C(=O)N(NC(=O)CC)[C@@H](C)C(=O)Nc1ccc(CO)cc1)C(C)C. The molecule has 3 N–H and O–H groups in total. The lowest BCUT2D eigenvalue weighted by molar-refractivity contribution is -0.158. The first-order chi connectivity index (χ1) is 13.2. The fourth-order valence-electron chi connectivity index (χ4n) is 2.48. The summed E-state index contributed by atoms with van der Waals surface area (Å²) in [5, 5.41) is 12.9.